The van der Waals surface area contributed by atoms with E-state index >= 15 is 0 Å². The number of hydrogen-bond donors (Lipinski definition) is 0. The summed E-state index contributed by atoms with van der Waals surface area (Å²) in [5, 5.41) is 3.17. The van der Waals surface area contributed by atoms with Gasteiger partial charge in [0.15, 0.2) is 5.78 Å². The van der Waals surface area contributed by atoms with Crippen molar-refractivity contribution in [2.24, 2.45) is 0 Å². The molecule has 1 aromatic carbocycles. The third kappa shape index (κ3) is 3.45. The fourth-order valence-electron chi connectivity index (χ4n) is 1.84. The molecule has 0 radical (unpaired) electrons. The number of aryl methyl sites for hydroxylation is 1. The van der Waals surface area contributed by atoms with Gasteiger partial charge < -0.3 is 4.74 Å². The Kier molecular flexibility index (Phi) is 4.55. The Morgan fingerprint density at radius 1 is 1.40 bits per heavy atom. The zero-order valence-electron chi connectivity index (χ0n) is 12.3. The molecule has 1 heterocycles. The van der Waals surface area contributed by atoms with Gasteiger partial charge >= 0.3 is 0 Å². The van der Waals surface area contributed by atoms with Crippen LogP contribution < -0.4 is 4.74 Å². The third-order valence-corrected chi connectivity index (χ3v) is 4.21. The summed E-state index contributed by atoms with van der Waals surface area (Å²) < 4.78 is 5.78. The molecule has 0 saturated carbocycles. The van der Waals surface area contributed by atoms with E-state index in [0.29, 0.717) is 18.1 Å². The topological polar surface area (TPSA) is 39.2 Å². The van der Waals surface area contributed by atoms with Crippen molar-refractivity contribution in [3.05, 3.63) is 45.4 Å². The highest BCUT2D eigenvalue weighted by Crippen LogP contribution is 2.23. The van der Waals surface area contributed by atoms with Gasteiger partial charge in [0.1, 0.15) is 12.4 Å². The summed E-state index contributed by atoms with van der Waals surface area (Å²) >= 11 is 1.67. The molecule has 0 amide bonds. The number of ether oxygens (including phenoxy) is 1. The van der Waals surface area contributed by atoms with Gasteiger partial charge in [-0.05, 0) is 37.6 Å². The molecule has 0 fully saturated rings. The van der Waals surface area contributed by atoms with Crippen molar-refractivity contribution in [2.75, 3.05) is 0 Å². The Morgan fingerprint density at radius 2 is 2.15 bits per heavy atom. The van der Waals surface area contributed by atoms with Crippen molar-refractivity contribution in [1.82, 2.24) is 4.98 Å². The van der Waals surface area contributed by atoms with Crippen LogP contribution in [-0.2, 0) is 6.61 Å². The lowest BCUT2D eigenvalue weighted by Gasteiger charge is -2.08. The number of aromatic nitrogens is 1. The molecular weight excluding hydrogens is 270 g/mol. The van der Waals surface area contributed by atoms with Gasteiger partial charge in [0.25, 0.3) is 0 Å². The number of ketones is 1. The molecule has 0 bridgehead atoms. The van der Waals surface area contributed by atoms with E-state index in [1.807, 2.05) is 24.4 Å². The number of carbonyl (C=O) groups is 1. The first-order valence-corrected chi connectivity index (χ1v) is 7.54. The van der Waals surface area contributed by atoms with Gasteiger partial charge in [0.2, 0.25) is 0 Å². The molecule has 0 aliphatic carbocycles. The van der Waals surface area contributed by atoms with Crippen LogP contribution >= 0.6 is 11.3 Å². The number of Topliss-reactive ketones (excluding diaryl/α,β-unsaturated/α-hetero) is 1. The SMILES string of the molecule is CC(=O)c1ccc(OCc2csc(C(C)C)n2)c(C)c1. The molecule has 4 heteroatoms. The summed E-state index contributed by atoms with van der Waals surface area (Å²) in [6.45, 7) is 8.24. The zero-order valence-corrected chi connectivity index (χ0v) is 13.1. The Balaban J connectivity index is 2.05. The maximum Gasteiger partial charge on any atom is 0.159 e. The molecule has 0 atom stereocenters. The molecule has 0 unspecified atom stereocenters. The lowest BCUT2D eigenvalue weighted by atomic mass is 10.1. The van der Waals surface area contributed by atoms with Crippen molar-refractivity contribution in [3.63, 3.8) is 0 Å². The van der Waals surface area contributed by atoms with Crippen LogP contribution in [0.4, 0.5) is 0 Å². The van der Waals surface area contributed by atoms with E-state index in [2.05, 4.69) is 18.8 Å². The minimum absolute atomic E-state index is 0.0701. The Hall–Kier alpha value is -1.68. The van der Waals surface area contributed by atoms with Crippen LogP contribution in [0.1, 0.15) is 53.3 Å². The molecule has 0 N–H and O–H groups in total. The Morgan fingerprint density at radius 3 is 2.70 bits per heavy atom. The first kappa shape index (κ1) is 14.7. The highest BCUT2D eigenvalue weighted by molar-refractivity contribution is 7.09. The number of carbonyl (C=O) groups excluding carboxylic acids is 1. The average Bonchev–Trinajstić information content (AvgIpc) is 2.86. The zero-order chi connectivity index (χ0) is 14.7. The van der Waals surface area contributed by atoms with Gasteiger partial charge in [-0.25, -0.2) is 4.98 Å². The molecule has 3 nitrogen and oxygen atoms in total. The molecule has 1 aromatic heterocycles. The van der Waals surface area contributed by atoms with Crippen molar-refractivity contribution in [1.29, 1.82) is 0 Å². The first-order valence-electron chi connectivity index (χ1n) is 6.66. The lowest BCUT2D eigenvalue weighted by molar-refractivity contribution is 0.101. The van der Waals surface area contributed by atoms with Crippen molar-refractivity contribution in [3.8, 4) is 5.75 Å². The second kappa shape index (κ2) is 6.18. The highest BCUT2D eigenvalue weighted by Gasteiger charge is 2.08. The molecular formula is C16H19NO2S. The number of benzene rings is 1. The molecule has 2 aromatic rings. The minimum Gasteiger partial charge on any atom is -0.487 e. The van der Waals surface area contributed by atoms with E-state index in [4.69, 9.17) is 4.74 Å². The van der Waals surface area contributed by atoms with Gasteiger partial charge in [0.05, 0.1) is 10.7 Å². The van der Waals surface area contributed by atoms with Gasteiger partial charge in [-0.15, -0.1) is 11.3 Å². The van der Waals surface area contributed by atoms with Crippen LogP contribution in [0.3, 0.4) is 0 Å². The normalized spacial score (nSPS) is 10.8. The fraction of sp³-hybridized carbons (Fsp3) is 0.375. The van der Waals surface area contributed by atoms with Gasteiger partial charge in [-0.1, -0.05) is 13.8 Å². The second-order valence-corrected chi connectivity index (χ2v) is 6.05. The van der Waals surface area contributed by atoms with Crippen molar-refractivity contribution >= 4 is 17.1 Å². The monoisotopic (exact) mass is 289 g/mol. The molecule has 0 saturated heterocycles. The van der Waals surface area contributed by atoms with Crippen LogP contribution in [0.15, 0.2) is 23.6 Å². The second-order valence-electron chi connectivity index (χ2n) is 5.16. The predicted octanol–water partition coefficient (Wildman–Crippen LogP) is 4.36. The van der Waals surface area contributed by atoms with E-state index < -0.39 is 0 Å². The molecule has 106 valence electrons. The van der Waals surface area contributed by atoms with Crippen LogP contribution in [0, 0.1) is 6.92 Å². The number of rotatable bonds is 5. The minimum atomic E-state index is 0.0701. The van der Waals surface area contributed by atoms with Gasteiger partial charge in [-0.3, -0.25) is 4.79 Å². The summed E-state index contributed by atoms with van der Waals surface area (Å²) in [6.07, 6.45) is 0. The van der Waals surface area contributed by atoms with Gasteiger partial charge in [0, 0.05) is 16.9 Å². The number of nitrogens with zero attached hydrogens (tertiary/aromatic N) is 1. The quantitative estimate of drug-likeness (QED) is 0.768. The summed E-state index contributed by atoms with van der Waals surface area (Å²) in [5.41, 5.74) is 2.64. The summed E-state index contributed by atoms with van der Waals surface area (Å²) in [6, 6.07) is 5.51. The summed E-state index contributed by atoms with van der Waals surface area (Å²) in [4.78, 5) is 15.8. The molecule has 0 aliphatic heterocycles. The first-order chi connectivity index (χ1) is 9.47. The Bertz CT molecular complexity index is 617. The van der Waals surface area contributed by atoms with Crippen molar-refractivity contribution < 1.29 is 9.53 Å². The molecule has 2 rings (SSSR count). The van der Waals surface area contributed by atoms with E-state index in [-0.39, 0.29) is 5.78 Å². The number of hydrogen-bond acceptors (Lipinski definition) is 4. The van der Waals surface area contributed by atoms with Crippen LogP contribution in [-0.4, -0.2) is 10.8 Å². The van der Waals surface area contributed by atoms with E-state index in [9.17, 15) is 4.79 Å². The molecule has 0 spiro atoms. The van der Waals surface area contributed by atoms with Gasteiger partial charge in [-0.2, -0.15) is 0 Å². The number of thiazole rings is 1. The maximum atomic E-state index is 11.3. The van der Waals surface area contributed by atoms with Crippen molar-refractivity contribution in [2.45, 2.75) is 40.2 Å². The summed E-state index contributed by atoms with van der Waals surface area (Å²) in [7, 11) is 0. The molecule has 0 aliphatic rings. The van der Waals surface area contributed by atoms with E-state index in [1.54, 1.807) is 24.3 Å². The van der Waals surface area contributed by atoms with E-state index in [1.165, 1.54) is 0 Å². The maximum absolute atomic E-state index is 11.3. The van der Waals surface area contributed by atoms with Crippen LogP contribution in [0.5, 0.6) is 5.75 Å². The largest absolute Gasteiger partial charge is 0.487 e. The average molecular weight is 289 g/mol. The standard InChI is InChI=1S/C16H19NO2S/c1-10(2)16-17-14(9-20-16)8-19-15-6-5-13(12(4)18)7-11(15)3/h5-7,9-10H,8H2,1-4H3. The fourth-order valence-corrected chi connectivity index (χ4v) is 2.66. The predicted molar refractivity (Wildman–Crippen MR) is 81.7 cm³/mol. The lowest BCUT2D eigenvalue weighted by Crippen LogP contribution is -2.00. The highest BCUT2D eigenvalue weighted by atomic mass is 32.1. The van der Waals surface area contributed by atoms with Crippen LogP contribution in [0.2, 0.25) is 0 Å². The van der Waals surface area contributed by atoms with E-state index in [0.717, 1.165) is 22.0 Å². The molecule has 20 heavy (non-hydrogen) atoms. The summed E-state index contributed by atoms with van der Waals surface area (Å²) in [5.74, 6) is 1.32. The Labute approximate surface area is 123 Å². The smallest absolute Gasteiger partial charge is 0.159 e. The van der Waals surface area contributed by atoms with Crippen LogP contribution in [0.25, 0.3) is 0 Å². The third-order valence-electron chi connectivity index (χ3n) is 3.02.